The first kappa shape index (κ1) is 19.9. The van der Waals surface area contributed by atoms with Crippen molar-refractivity contribution in [1.29, 1.82) is 0 Å². The lowest BCUT2D eigenvalue weighted by molar-refractivity contribution is -0.864. The van der Waals surface area contributed by atoms with E-state index >= 15 is 0 Å². The van der Waals surface area contributed by atoms with Gasteiger partial charge in [0.05, 0.1) is 27.1 Å². The fraction of sp³-hybridized carbons (Fsp3) is 0.667. The molecular weight excluding hydrogens is 250 g/mol. The van der Waals surface area contributed by atoms with Crippen LogP contribution in [0.25, 0.3) is 0 Å². The SMILES string of the molecule is C=CCNC(C(=O)O)N(C)C.C[N+](C)(C)CC(=O)[O-]. The van der Waals surface area contributed by atoms with Crippen LogP contribution >= 0.6 is 0 Å². The molecule has 1 unspecified atom stereocenters. The van der Waals surface area contributed by atoms with Crippen LogP contribution in [-0.4, -0.2) is 80.9 Å². The number of carbonyl (C=O) groups is 2. The van der Waals surface area contributed by atoms with Gasteiger partial charge in [-0.15, -0.1) is 6.58 Å². The molecule has 7 heteroatoms. The molecule has 7 nitrogen and oxygen atoms in total. The highest BCUT2D eigenvalue weighted by atomic mass is 16.4. The molecule has 0 saturated carbocycles. The smallest absolute Gasteiger partial charge is 0.335 e. The van der Waals surface area contributed by atoms with E-state index in [1.54, 1.807) is 46.2 Å². The van der Waals surface area contributed by atoms with Gasteiger partial charge >= 0.3 is 5.97 Å². The van der Waals surface area contributed by atoms with Crippen LogP contribution in [-0.2, 0) is 9.59 Å². The van der Waals surface area contributed by atoms with Gasteiger partial charge in [0, 0.05) is 6.54 Å². The first-order valence-corrected chi connectivity index (χ1v) is 5.75. The minimum atomic E-state index is -1.00. The molecule has 0 aromatic carbocycles. The Balaban J connectivity index is 0. The molecule has 0 saturated heterocycles. The molecule has 0 aromatic heterocycles. The summed E-state index contributed by atoms with van der Waals surface area (Å²) in [5.74, 6) is -1.88. The molecule has 0 heterocycles. The first-order chi connectivity index (χ1) is 8.51. The van der Waals surface area contributed by atoms with Crippen molar-refractivity contribution < 1.29 is 24.3 Å². The maximum absolute atomic E-state index is 10.5. The van der Waals surface area contributed by atoms with Gasteiger partial charge in [-0.2, -0.15) is 0 Å². The van der Waals surface area contributed by atoms with Gasteiger partial charge in [0.1, 0.15) is 6.54 Å². The minimum Gasteiger partial charge on any atom is -0.544 e. The monoisotopic (exact) mass is 275 g/mol. The number of carboxylic acids is 2. The number of aliphatic carboxylic acids is 2. The molecule has 0 bridgehead atoms. The van der Waals surface area contributed by atoms with Gasteiger partial charge < -0.3 is 19.5 Å². The summed E-state index contributed by atoms with van der Waals surface area (Å²) < 4.78 is 0.419. The third-order valence-corrected chi connectivity index (χ3v) is 1.81. The Hall–Kier alpha value is -1.44. The van der Waals surface area contributed by atoms with Crippen molar-refractivity contribution in [1.82, 2.24) is 10.2 Å². The summed E-state index contributed by atoms with van der Waals surface area (Å²) in [5, 5.41) is 21.3. The summed E-state index contributed by atoms with van der Waals surface area (Å²) in [6, 6.07) is 0. The normalized spacial score (nSPS) is 12.3. The molecule has 1 atom stereocenters. The Kier molecular flexibility index (Phi) is 9.93. The van der Waals surface area contributed by atoms with Gasteiger partial charge in [-0.25, -0.2) is 4.79 Å². The third-order valence-electron chi connectivity index (χ3n) is 1.81. The van der Waals surface area contributed by atoms with Crippen LogP contribution in [0.3, 0.4) is 0 Å². The highest BCUT2D eigenvalue weighted by Gasteiger charge is 2.17. The summed E-state index contributed by atoms with van der Waals surface area (Å²) in [7, 11) is 8.81. The number of quaternary nitrogens is 1. The predicted molar refractivity (Wildman–Crippen MR) is 71.2 cm³/mol. The van der Waals surface area contributed by atoms with Gasteiger partial charge in [0.25, 0.3) is 0 Å². The summed E-state index contributed by atoms with van der Waals surface area (Å²) >= 11 is 0. The van der Waals surface area contributed by atoms with Crippen molar-refractivity contribution in [3.05, 3.63) is 12.7 Å². The molecule has 112 valence electrons. The molecule has 0 aromatic rings. The molecule has 0 radical (unpaired) electrons. The van der Waals surface area contributed by atoms with E-state index in [0.29, 0.717) is 11.0 Å². The van der Waals surface area contributed by atoms with Crippen LogP contribution in [0.15, 0.2) is 12.7 Å². The molecule has 2 N–H and O–H groups in total. The van der Waals surface area contributed by atoms with E-state index < -0.39 is 18.1 Å². The predicted octanol–water partition coefficient (Wildman–Crippen LogP) is -1.82. The maximum Gasteiger partial charge on any atom is 0.335 e. The number of likely N-dealkylation sites (N-methyl/N-ethyl adjacent to an activating group) is 2. The Morgan fingerprint density at radius 2 is 1.89 bits per heavy atom. The van der Waals surface area contributed by atoms with Crippen LogP contribution < -0.4 is 10.4 Å². The summed E-state index contributed by atoms with van der Waals surface area (Å²) in [4.78, 5) is 22.0. The number of hydrogen-bond donors (Lipinski definition) is 2. The molecule has 0 aliphatic rings. The van der Waals surface area contributed by atoms with Gasteiger partial charge in [0.15, 0.2) is 6.17 Å². The Morgan fingerprint density at radius 1 is 1.42 bits per heavy atom. The van der Waals surface area contributed by atoms with Crippen molar-refractivity contribution >= 4 is 11.9 Å². The van der Waals surface area contributed by atoms with Gasteiger partial charge in [0.2, 0.25) is 0 Å². The number of rotatable bonds is 7. The van der Waals surface area contributed by atoms with Crippen molar-refractivity contribution in [3.8, 4) is 0 Å². The number of carbonyl (C=O) groups excluding carboxylic acids is 1. The van der Waals surface area contributed by atoms with Crippen LogP contribution in [0, 0.1) is 0 Å². The average Bonchev–Trinajstić information content (AvgIpc) is 2.13. The summed E-state index contributed by atoms with van der Waals surface area (Å²) in [6.07, 6.45) is 0.993. The fourth-order valence-electron chi connectivity index (χ4n) is 1.07. The van der Waals surface area contributed by atoms with E-state index in [4.69, 9.17) is 5.11 Å². The second kappa shape index (κ2) is 9.48. The first-order valence-electron chi connectivity index (χ1n) is 5.75. The minimum absolute atomic E-state index is 0.0694. The van der Waals surface area contributed by atoms with Crippen LogP contribution in [0.4, 0.5) is 0 Å². The van der Waals surface area contributed by atoms with Crippen molar-refractivity contribution in [2.45, 2.75) is 6.17 Å². The van der Waals surface area contributed by atoms with Crippen LogP contribution in [0.5, 0.6) is 0 Å². The number of carboxylic acid groups (broad SMARTS) is 2. The van der Waals surface area contributed by atoms with Crippen LogP contribution in [0.2, 0.25) is 0 Å². The topological polar surface area (TPSA) is 92.7 Å². The molecule has 0 amide bonds. The molecular formula is C12H25N3O4. The average molecular weight is 275 g/mol. The van der Waals surface area contributed by atoms with E-state index in [1.165, 1.54) is 0 Å². The van der Waals surface area contributed by atoms with E-state index in [0.717, 1.165) is 0 Å². The third kappa shape index (κ3) is 14.5. The highest BCUT2D eigenvalue weighted by molar-refractivity contribution is 5.72. The second-order valence-corrected chi connectivity index (χ2v) is 5.22. The van der Waals surface area contributed by atoms with Crippen LogP contribution in [0.1, 0.15) is 0 Å². The lowest BCUT2D eigenvalue weighted by Gasteiger charge is -2.23. The molecule has 0 rings (SSSR count). The number of nitrogens with one attached hydrogen (secondary N) is 1. The molecule has 0 spiro atoms. The lowest BCUT2D eigenvalue weighted by Crippen LogP contribution is -2.47. The second-order valence-electron chi connectivity index (χ2n) is 5.22. The van der Waals surface area contributed by atoms with Gasteiger partial charge in [-0.3, -0.25) is 10.2 Å². The van der Waals surface area contributed by atoms with Gasteiger partial charge in [-0.05, 0) is 14.1 Å². The maximum atomic E-state index is 10.5. The lowest BCUT2D eigenvalue weighted by atomic mass is 10.4. The van der Waals surface area contributed by atoms with Crippen molar-refractivity contribution in [2.75, 3.05) is 48.3 Å². The van der Waals surface area contributed by atoms with E-state index in [9.17, 15) is 14.7 Å². The Morgan fingerprint density at radius 3 is 2.05 bits per heavy atom. The Bertz CT molecular complexity index is 298. The number of nitrogens with zero attached hydrogens (tertiary/aromatic N) is 2. The zero-order chi connectivity index (χ0) is 15.6. The molecule has 19 heavy (non-hydrogen) atoms. The van der Waals surface area contributed by atoms with E-state index in [2.05, 4.69) is 11.9 Å². The van der Waals surface area contributed by atoms with Crippen molar-refractivity contribution in [2.24, 2.45) is 0 Å². The molecule has 0 aliphatic carbocycles. The van der Waals surface area contributed by atoms with Crippen molar-refractivity contribution in [3.63, 3.8) is 0 Å². The van der Waals surface area contributed by atoms with E-state index in [-0.39, 0.29) is 6.54 Å². The van der Waals surface area contributed by atoms with Gasteiger partial charge in [-0.1, -0.05) is 6.08 Å². The largest absolute Gasteiger partial charge is 0.544 e. The fourth-order valence-corrected chi connectivity index (χ4v) is 1.07. The zero-order valence-electron chi connectivity index (χ0n) is 12.3. The summed E-state index contributed by atoms with van der Waals surface area (Å²) in [6.45, 7) is 4.04. The Labute approximate surface area is 114 Å². The number of hydrogen-bond acceptors (Lipinski definition) is 5. The zero-order valence-corrected chi connectivity index (χ0v) is 12.3. The summed E-state index contributed by atoms with van der Waals surface area (Å²) in [5.41, 5.74) is 0. The quantitative estimate of drug-likeness (QED) is 0.323. The molecule has 0 aliphatic heterocycles. The molecule has 0 fully saturated rings. The van der Waals surface area contributed by atoms with E-state index in [1.807, 2.05) is 0 Å². The standard InChI is InChI=1S/C7H14N2O2.C5H11NO2/c1-4-5-8-6(7(10)11)9(2)3;1-6(2,3)4-5(7)8/h4,6,8H,1,5H2,2-3H3,(H,10,11);4H2,1-3H3. The highest BCUT2D eigenvalue weighted by Crippen LogP contribution is 1.87.